The fraction of sp³-hybridized carbons (Fsp3) is 0.556. The van der Waals surface area contributed by atoms with Crippen molar-refractivity contribution in [2.45, 2.75) is 26.3 Å². The van der Waals surface area contributed by atoms with Crippen LogP contribution < -0.4 is 0 Å². The highest BCUT2D eigenvalue weighted by Gasteiger charge is 2.30. The lowest BCUT2D eigenvalue weighted by atomic mass is 10.1. The SMILES string of the molecule is CCn1cc(C(=O)C2CC2)cn1. The highest BCUT2D eigenvalue weighted by atomic mass is 16.1. The van der Waals surface area contributed by atoms with Gasteiger partial charge < -0.3 is 0 Å². The molecule has 0 bridgehead atoms. The lowest BCUT2D eigenvalue weighted by Gasteiger charge is -1.91. The smallest absolute Gasteiger partial charge is 0.169 e. The second-order valence-corrected chi connectivity index (χ2v) is 3.22. The van der Waals surface area contributed by atoms with E-state index in [4.69, 9.17) is 0 Å². The van der Waals surface area contributed by atoms with E-state index in [1.165, 1.54) is 0 Å². The van der Waals surface area contributed by atoms with Gasteiger partial charge in [0.1, 0.15) is 0 Å². The van der Waals surface area contributed by atoms with E-state index in [2.05, 4.69) is 5.10 Å². The van der Waals surface area contributed by atoms with Gasteiger partial charge in [-0.05, 0) is 19.8 Å². The summed E-state index contributed by atoms with van der Waals surface area (Å²) in [6.07, 6.45) is 5.64. The minimum atomic E-state index is 0.273. The van der Waals surface area contributed by atoms with E-state index in [-0.39, 0.29) is 5.78 Å². The predicted octanol–water partition coefficient (Wildman–Crippen LogP) is 1.50. The maximum atomic E-state index is 11.5. The molecule has 1 aliphatic carbocycles. The average Bonchev–Trinajstić information content (AvgIpc) is 2.82. The Morgan fingerprint density at radius 2 is 2.50 bits per heavy atom. The zero-order valence-corrected chi connectivity index (χ0v) is 7.16. The maximum Gasteiger partial charge on any atom is 0.169 e. The number of aryl methyl sites for hydroxylation is 1. The topological polar surface area (TPSA) is 34.9 Å². The summed E-state index contributed by atoms with van der Waals surface area (Å²) in [7, 11) is 0. The summed E-state index contributed by atoms with van der Waals surface area (Å²) in [6, 6.07) is 0. The van der Waals surface area contributed by atoms with Crippen molar-refractivity contribution in [1.82, 2.24) is 9.78 Å². The standard InChI is InChI=1S/C9H12N2O/c1-2-11-6-8(5-10-11)9(12)7-3-4-7/h5-7H,2-4H2,1H3. The van der Waals surface area contributed by atoms with Crippen LogP contribution in [0.1, 0.15) is 30.1 Å². The van der Waals surface area contributed by atoms with Crippen molar-refractivity contribution in [3.05, 3.63) is 18.0 Å². The number of nitrogens with zero attached hydrogens (tertiary/aromatic N) is 2. The summed E-state index contributed by atoms with van der Waals surface area (Å²) in [6.45, 7) is 2.84. The molecule has 1 aliphatic rings. The van der Waals surface area contributed by atoms with Gasteiger partial charge in [0.15, 0.2) is 5.78 Å². The van der Waals surface area contributed by atoms with E-state index >= 15 is 0 Å². The number of carbonyl (C=O) groups is 1. The largest absolute Gasteiger partial charge is 0.294 e. The van der Waals surface area contributed by atoms with E-state index in [0.29, 0.717) is 5.92 Å². The first kappa shape index (κ1) is 7.53. The first-order valence-corrected chi connectivity index (χ1v) is 4.38. The van der Waals surface area contributed by atoms with E-state index in [9.17, 15) is 4.79 Å². The van der Waals surface area contributed by atoms with Gasteiger partial charge in [0.25, 0.3) is 0 Å². The molecular formula is C9H12N2O. The van der Waals surface area contributed by atoms with Crippen LogP contribution >= 0.6 is 0 Å². The van der Waals surface area contributed by atoms with Gasteiger partial charge in [-0.2, -0.15) is 5.10 Å². The molecule has 0 N–H and O–H groups in total. The Labute approximate surface area is 71.4 Å². The molecule has 0 saturated heterocycles. The quantitative estimate of drug-likeness (QED) is 0.634. The summed E-state index contributed by atoms with van der Waals surface area (Å²) in [5.74, 6) is 0.578. The van der Waals surface area contributed by atoms with Crippen molar-refractivity contribution in [2.75, 3.05) is 0 Å². The Morgan fingerprint density at radius 1 is 1.75 bits per heavy atom. The zero-order chi connectivity index (χ0) is 8.55. The molecular weight excluding hydrogens is 152 g/mol. The average molecular weight is 164 g/mol. The molecule has 1 aromatic rings. The fourth-order valence-electron chi connectivity index (χ4n) is 1.24. The van der Waals surface area contributed by atoms with Crippen molar-refractivity contribution in [3.63, 3.8) is 0 Å². The second-order valence-electron chi connectivity index (χ2n) is 3.22. The summed E-state index contributed by atoms with van der Waals surface area (Å²) in [4.78, 5) is 11.5. The van der Waals surface area contributed by atoms with Crippen LogP contribution in [0, 0.1) is 5.92 Å². The number of rotatable bonds is 3. The minimum Gasteiger partial charge on any atom is -0.294 e. The summed E-state index contributed by atoms with van der Waals surface area (Å²) >= 11 is 0. The van der Waals surface area contributed by atoms with Crippen molar-refractivity contribution in [2.24, 2.45) is 5.92 Å². The number of hydrogen-bond acceptors (Lipinski definition) is 2. The van der Waals surface area contributed by atoms with Crippen LogP contribution in [0.4, 0.5) is 0 Å². The first-order valence-electron chi connectivity index (χ1n) is 4.38. The third kappa shape index (κ3) is 1.26. The number of carbonyl (C=O) groups excluding carboxylic acids is 1. The van der Waals surface area contributed by atoms with Crippen molar-refractivity contribution < 1.29 is 4.79 Å². The number of aromatic nitrogens is 2. The molecule has 1 fully saturated rings. The molecule has 1 aromatic heterocycles. The molecule has 0 radical (unpaired) electrons. The molecule has 3 nitrogen and oxygen atoms in total. The normalized spacial score (nSPS) is 16.4. The van der Waals surface area contributed by atoms with Gasteiger partial charge >= 0.3 is 0 Å². The molecule has 0 spiro atoms. The Hall–Kier alpha value is -1.12. The third-order valence-corrected chi connectivity index (χ3v) is 2.19. The number of hydrogen-bond donors (Lipinski definition) is 0. The number of ketones is 1. The van der Waals surface area contributed by atoms with Crippen molar-refractivity contribution in [1.29, 1.82) is 0 Å². The van der Waals surface area contributed by atoms with Gasteiger partial charge in [0.2, 0.25) is 0 Å². The Balaban J connectivity index is 2.16. The van der Waals surface area contributed by atoms with Gasteiger partial charge in [0, 0.05) is 18.7 Å². The van der Waals surface area contributed by atoms with Gasteiger partial charge in [-0.3, -0.25) is 9.48 Å². The summed E-state index contributed by atoms with van der Waals surface area (Å²) in [5, 5.41) is 4.06. The minimum absolute atomic E-state index is 0.273. The van der Waals surface area contributed by atoms with E-state index in [0.717, 1.165) is 24.9 Å². The van der Waals surface area contributed by atoms with Crippen LogP contribution in [0.25, 0.3) is 0 Å². The summed E-state index contributed by atoms with van der Waals surface area (Å²) in [5.41, 5.74) is 0.777. The molecule has 0 unspecified atom stereocenters. The molecule has 12 heavy (non-hydrogen) atoms. The zero-order valence-electron chi connectivity index (χ0n) is 7.16. The van der Waals surface area contributed by atoms with Crippen LogP contribution in [0.3, 0.4) is 0 Å². The van der Waals surface area contributed by atoms with Crippen LogP contribution in [-0.2, 0) is 6.54 Å². The maximum absolute atomic E-state index is 11.5. The molecule has 0 amide bonds. The molecule has 64 valence electrons. The van der Waals surface area contributed by atoms with Gasteiger partial charge in [-0.25, -0.2) is 0 Å². The third-order valence-electron chi connectivity index (χ3n) is 2.19. The highest BCUT2D eigenvalue weighted by Crippen LogP contribution is 2.32. The number of Topliss-reactive ketones (excluding diaryl/α,β-unsaturated/α-hetero) is 1. The fourth-order valence-corrected chi connectivity index (χ4v) is 1.24. The molecule has 0 atom stereocenters. The molecule has 3 heteroatoms. The molecule has 2 rings (SSSR count). The Morgan fingerprint density at radius 3 is 3.00 bits per heavy atom. The van der Waals surface area contributed by atoms with Crippen LogP contribution in [0.15, 0.2) is 12.4 Å². The van der Waals surface area contributed by atoms with Crippen molar-refractivity contribution >= 4 is 5.78 Å². The van der Waals surface area contributed by atoms with E-state index in [1.54, 1.807) is 10.9 Å². The monoisotopic (exact) mass is 164 g/mol. The van der Waals surface area contributed by atoms with Crippen LogP contribution in [-0.4, -0.2) is 15.6 Å². The lowest BCUT2D eigenvalue weighted by Crippen LogP contribution is -1.99. The van der Waals surface area contributed by atoms with Gasteiger partial charge in [0.05, 0.1) is 11.8 Å². The molecule has 0 aromatic carbocycles. The predicted molar refractivity (Wildman–Crippen MR) is 45.0 cm³/mol. The second kappa shape index (κ2) is 2.73. The Bertz CT molecular complexity index is 299. The van der Waals surface area contributed by atoms with E-state index in [1.807, 2.05) is 13.1 Å². The molecule has 1 saturated carbocycles. The van der Waals surface area contributed by atoms with Crippen LogP contribution in [0.5, 0.6) is 0 Å². The Kier molecular flexibility index (Phi) is 1.71. The van der Waals surface area contributed by atoms with Crippen LogP contribution in [0.2, 0.25) is 0 Å². The molecule has 1 heterocycles. The molecule has 0 aliphatic heterocycles. The first-order chi connectivity index (χ1) is 5.81. The van der Waals surface area contributed by atoms with Crippen molar-refractivity contribution in [3.8, 4) is 0 Å². The van der Waals surface area contributed by atoms with Gasteiger partial charge in [-0.1, -0.05) is 0 Å². The summed E-state index contributed by atoms with van der Waals surface area (Å²) < 4.78 is 1.79. The van der Waals surface area contributed by atoms with E-state index < -0.39 is 0 Å². The highest BCUT2D eigenvalue weighted by molar-refractivity contribution is 5.98. The van der Waals surface area contributed by atoms with Gasteiger partial charge in [-0.15, -0.1) is 0 Å². The lowest BCUT2D eigenvalue weighted by molar-refractivity contribution is 0.0967.